The first-order valence-electron chi connectivity index (χ1n) is 7.48. The quantitative estimate of drug-likeness (QED) is 0.847. The minimum Gasteiger partial charge on any atom is -0.315 e. The molecule has 1 heterocycles. The minimum absolute atomic E-state index is 0.150. The van der Waals surface area contributed by atoms with E-state index in [9.17, 15) is 4.39 Å². The summed E-state index contributed by atoms with van der Waals surface area (Å²) in [6, 6.07) is 8.06. The van der Waals surface area contributed by atoms with Gasteiger partial charge in [-0.2, -0.15) is 0 Å². The number of hydrogen-bond donors (Lipinski definition) is 1. The van der Waals surface area contributed by atoms with Crippen LogP contribution in [0.3, 0.4) is 0 Å². The largest absolute Gasteiger partial charge is 0.315 e. The van der Waals surface area contributed by atoms with Crippen LogP contribution >= 0.6 is 0 Å². The molecule has 2 unspecified atom stereocenters. The third-order valence-electron chi connectivity index (χ3n) is 4.03. The highest BCUT2D eigenvalue weighted by Gasteiger charge is 2.27. The van der Waals surface area contributed by atoms with E-state index in [1.54, 1.807) is 12.1 Å². The van der Waals surface area contributed by atoms with Crippen molar-refractivity contribution in [2.45, 2.75) is 45.2 Å². The lowest BCUT2D eigenvalue weighted by molar-refractivity contribution is 0.138. The standard InChI is InChI=1S/C16H25FN2/c1-3-11-19(15-9-10-18-12-15)16(4-2)13-5-7-14(17)8-6-13/h5-8,15-16,18H,3-4,9-12H2,1-2H3. The van der Waals surface area contributed by atoms with Gasteiger partial charge in [0.2, 0.25) is 0 Å². The lowest BCUT2D eigenvalue weighted by Crippen LogP contribution is -2.40. The summed E-state index contributed by atoms with van der Waals surface area (Å²) in [4.78, 5) is 2.60. The van der Waals surface area contributed by atoms with E-state index in [0.717, 1.165) is 32.5 Å². The molecule has 1 aromatic rings. The molecule has 1 aliphatic heterocycles. The molecule has 19 heavy (non-hydrogen) atoms. The molecule has 0 amide bonds. The molecular formula is C16H25FN2. The van der Waals surface area contributed by atoms with Crippen LogP contribution in [0, 0.1) is 5.82 Å². The molecule has 0 saturated carbocycles. The zero-order valence-electron chi connectivity index (χ0n) is 12.0. The van der Waals surface area contributed by atoms with Crippen molar-refractivity contribution >= 4 is 0 Å². The van der Waals surface area contributed by atoms with Gasteiger partial charge in [0.25, 0.3) is 0 Å². The summed E-state index contributed by atoms with van der Waals surface area (Å²) in [5.74, 6) is -0.150. The SMILES string of the molecule is CCCN(C1CCNC1)C(CC)c1ccc(F)cc1. The average Bonchev–Trinajstić information content (AvgIpc) is 2.94. The van der Waals surface area contributed by atoms with Gasteiger partial charge in [-0.1, -0.05) is 26.0 Å². The summed E-state index contributed by atoms with van der Waals surface area (Å²) >= 11 is 0. The molecule has 3 heteroatoms. The average molecular weight is 264 g/mol. The van der Waals surface area contributed by atoms with E-state index in [0.29, 0.717) is 12.1 Å². The van der Waals surface area contributed by atoms with Crippen LogP contribution in [-0.2, 0) is 0 Å². The topological polar surface area (TPSA) is 15.3 Å². The molecule has 106 valence electrons. The zero-order chi connectivity index (χ0) is 13.7. The van der Waals surface area contributed by atoms with E-state index >= 15 is 0 Å². The number of rotatable bonds is 6. The Kier molecular flexibility index (Phi) is 5.34. The lowest BCUT2D eigenvalue weighted by Gasteiger charge is -2.36. The molecule has 0 aliphatic carbocycles. The minimum atomic E-state index is -0.150. The van der Waals surface area contributed by atoms with Crippen LogP contribution in [0.2, 0.25) is 0 Å². The van der Waals surface area contributed by atoms with Crippen molar-refractivity contribution in [2.75, 3.05) is 19.6 Å². The summed E-state index contributed by atoms with van der Waals surface area (Å²) in [7, 11) is 0. The second-order valence-electron chi connectivity index (χ2n) is 5.36. The van der Waals surface area contributed by atoms with Gasteiger partial charge < -0.3 is 5.32 Å². The smallest absolute Gasteiger partial charge is 0.123 e. The summed E-state index contributed by atoms with van der Waals surface area (Å²) in [5.41, 5.74) is 1.24. The monoisotopic (exact) mass is 264 g/mol. The Balaban J connectivity index is 2.18. The van der Waals surface area contributed by atoms with Crippen molar-refractivity contribution in [1.82, 2.24) is 10.2 Å². The molecule has 1 N–H and O–H groups in total. The number of halogens is 1. The normalized spacial score (nSPS) is 20.9. The van der Waals surface area contributed by atoms with Crippen molar-refractivity contribution in [3.05, 3.63) is 35.6 Å². The van der Waals surface area contributed by atoms with Crippen LogP contribution in [0.25, 0.3) is 0 Å². The van der Waals surface area contributed by atoms with Crippen molar-refractivity contribution < 1.29 is 4.39 Å². The first kappa shape index (κ1) is 14.5. The van der Waals surface area contributed by atoms with Crippen LogP contribution in [0.1, 0.15) is 44.7 Å². The number of hydrogen-bond acceptors (Lipinski definition) is 2. The molecule has 2 atom stereocenters. The second kappa shape index (κ2) is 7.01. The molecule has 0 spiro atoms. The maximum absolute atomic E-state index is 13.1. The van der Waals surface area contributed by atoms with Crippen molar-refractivity contribution in [3.8, 4) is 0 Å². The Morgan fingerprint density at radius 1 is 1.32 bits per heavy atom. The molecule has 1 fully saturated rings. The maximum Gasteiger partial charge on any atom is 0.123 e. The highest BCUT2D eigenvalue weighted by molar-refractivity contribution is 5.20. The molecular weight excluding hydrogens is 239 g/mol. The zero-order valence-corrected chi connectivity index (χ0v) is 12.0. The molecule has 2 rings (SSSR count). The van der Waals surface area contributed by atoms with E-state index in [-0.39, 0.29) is 5.82 Å². The molecule has 0 radical (unpaired) electrons. The van der Waals surface area contributed by atoms with Gasteiger partial charge in [-0.25, -0.2) is 4.39 Å². The first-order valence-corrected chi connectivity index (χ1v) is 7.48. The predicted molar refractivity (Wildman–Crippen MR) is 77.7 cm³/mol. The second-order valence-corrected chi connectivity index (χ2v) is 5.36. The van der Waals surface area contributed by atoms with E-state index < -0.39 is 0 Å². The third kappa shape index (κ3) is 3.54. The first-order chi connectivity index (χ1) is 9.26. The summed E-state index contributed by atoms with van der Waals surface area (Å²) < 4.78 is 13.1. The summed E-state index contributed by atoms with van der Waals surface area (Å²) in [5, 5.41) is 3.45. The van der Waals surface area contributed by atoms with Gasteiger partial charge >= 0.3 is 0 Å². The van der Waals surface area contributed by atoms with Crippen LogP contribution in [0.5, 0.6) is 0 Å². The Morgan fingerprint density at radius 2 is 2.05 bits per heavy atom. The van der Waals surface area contributed by atoms with Gasteiger partial charge in [0.15, 0.2) is 0 Å². The predicted octanol–water partition coefficient (Wildman–Crippen LogP) is 3.35. The van der Waals surface area contributed by atoms with Crippen molar-refractivity contribution in [1.29, 1.82) is 0 Å². The number of benzene rings is 1. The van der Waals surface area contributed by atoms with Gasteiger partial charge in [0.05, 0.1) is 0 Å². The summed E-state index contributed by atoms with van der Waals surface area (Å²) in [6.45, 7) is 7.76. The maximum atomic E-state index is 13.1. The number of nitrogens with zero attached hydrogens (tertiary/aromatic N) is 1. The number of nitrogens with one attached hydrogen (secondary N) is 1. The highest BCUT2D eigenvalue weighted by Crippen LogP contribution is 2.28. The molecule has 0 aromatic heterocycles. The fraction of sp³-hybridized carbons (Fsp3) is 0.625. The van der Waals surface area contributed by atoms with Gasteiger partial charge in [0, 0.05) is 18.6 Å². The molecule has 0 bridgehead atoms. The lowest BCUT2D eigenvalue weighted by atomic mass is 10.00. The summed E-state index contributed by atoms with van der Waals surface area (Å²) in [6.07, 6.45) is 3.45. The highest BCUT2D eigenvalue weighted by atomic mass is 19.1. The molecule has 1 aliphatic rings. The van der Waals surface area contributed by atoms with E-state index in [2.05, 4.69) is 24.1 Å². The Labute approximate surface area is 116 Å². The van der Waals surface area contributed by atoms with Gasteiger partial charge in [-0.05, 0) is 50.0 Å². The van der Waals surface area contributed by atoms with Crippen LogP contribution in [0.15, 0.2) is 24.3 Å². The van der Waals surface area contributed by atoms with Crippen LogP contribution < -0.4 is 5.32 Å². The van der Waals surface area contributed by atoms with E-state index in [1.165, 1.54) is 12.0 Å². The fourth-order valence-corrected chi connectivity index (χ4v) is 3.12. The molecule has 1 aromatic carbocycles. The van der Waals surface area contributed by atoms with Crippen LogP contribution in [0.4, 0.5) is 4.39 Å². The van der Waals surface area contributed by atoms with E-state index in [1.807, 2.05) is 12.1 Å². The third-order valence-corrected chi connectivity index (χ3v) is 4.03. The fourth-order valence-electron chi connectivity index (χ4n) is 3.12. The Bertz CT molecular complexity index is 371. The van der Waals surface area contributed by atoms with Crippen molar-refractivity contribution in [3.63, 3.8) is 0 Å². The van der Waals surface area contributed by atoms with Gasteiger partial charge in [-0.3, -0.25) is 4.90 Å². The Hall–Kier alpha value is -0.930. The van der Waals surface area contributed by atoms with Gasteiger partial charge in [0.1, 0.15) is 5.82 Å². The molecule has 2 nitrogen and oxygen atoms in total. The van der Waals surface area contributed by atoms with E-state index in [4.69, 9.17) is 0 Å². The van der Waals surface area contributed by atoms with Crippen molar-refractivity contribution in [2.24, 2.45) is 0 Å². The Morgan fingerprint density at radius 3 is 2.58 bits per heavy atom. The van der Waals surface area contributed by atoms with Crippen LogP contribution in [-0.4, -0.2) is 30.6 Å². The molecule has 1 saturated heterocycles. The van der Waals surface area contributed by atoms with Gasteiger partial charge in [-0.15, -0.1) is 0 Å².